The van der Waals surface area contributed by atoms with E-state index in [-0.39, 0.29) is 35.7 Å². The summed E-state index contributed by atoms with van der Waals surface area (Å²) < 4.78 is 0. The molecule has 0 aliphatic carbocycles. The molecule has 0 amide bonds. The Morgan fingerprint density at radius 3 is 0.690 bits per heavy atom. The van der Waals surface area contributed by atoms with Gasteiger partial charge in [-0.15, -0.1) is 138 Å². The fourth-order valence-corrected chi connectivity index (χ4v) is 10.3. The molecule has 14 rings (SSSR count). The molecule has 84 heavy (non-hydrogen) atoms. The zero-order valence-corrected chi connectivity index (χ0v) is 57.1. The van der Waals surface area contributed by atoms with Gasteiger partial charge >= 0.3 is 83.7 Å². The van der Waals surface area contributed by atoms with Crippen LogP contribution in [0.4, 0.5) is 0 Å². The van der Waals surface area contributed by atoms with Crippen molar-refractivity contribution in [2.75, 3.05) is 0 Å². The molecule has 0 heterocycles. The van der Waals surface area contributed by atoms with E-state index in [1.54, 1.807) is 46.7 Å². The van der Waals surface area contributed by atoms with Crippen LogP contribution in [0.15, 0.2) is 303 Å². The number of hydrogen-bond acceptors (Lipinski definition) is 0. The molecule has 0 aromatic heterocycles. The van der Waals surface area contributed by atoms with Crippen molar-refractivity contribution < 1.29 is 71.5 Å². The van der Waals surface area contributed by atoms with E-state index in [9.17, 15) is 0 Å². The molecule has 0 bridgehead atoms. The van der Waals surface area contributed by atoms with Crippen molar-refractivity contribution >= 4 is 54.0 Å². The average Bonchev–Trinajstić information content (AvgIpc) is 3.13. The molecule has 0 spiro atoms. The second-order valence-corrected chi connectivity index (χ2v) is 39.7. The Bertz CT molecular complexity index is 4000. The first-order chi connectivity index (χ1) is 40.0. The Hall–Kier alpha value is -6.58. The van der Waals surface area contributed by atoms with Crippen LogP contribution in [0.2, 0.25) is 26.2 Å². The van der Waals surface area contributed by atoms with Crippen LogP contribution in [-0.4, -0.2) is 10.9 Å². The van der Waals surface area contributed by atoms with E-state index < -0.39 is 0 Å². The van der Waals surface area contributed by atoms with E-state index in [0.29, 0.717) is 0 Å². The predicted octanol–water partition coefficient (Wildman–Crippen LogP) is 16.4. The SMILES string of the molecule is C[Si](C)=[Zr+2].C[Si](C)=[Zr+2].Cc1cc2c(-c3ccccc3)cccc2[cH-]1.Cc1cc2c(-c3ccccc3)cccc2[cH-]1.[Cl-].[Cl-].c1ccc(-c2cc3c(-c4ccccc4)cccc3[cH-]2)cc1.c1ccc(-c2cc3c(-c4ccccc4)cccc3[cH-]2)cc1. The summed E-state index contributed by atoms with van der Waals surface area (Å²) in [6, 6.07) is 108. The van der Waals surface area contributed by atoms with Gasteiger partial charge in [-0.05, 0) is 22.3 Å². The van der Waals surface area contributed by atoms with Gasteiger partial charge < -0.3 is 24.8 Å². The Morgan fingerprint density at radius 1 is 0.250 bits per heavy atom. The van der Waals surface area contributed by atoms with E-state index in [4.69, 9.17) is 0 Å². The van der Waals surface area contributed by atoms with E-state index in [1.165, 1.54) is 121 Å². The van der Waals surface area contributed by atoms with Crippen molar-refractivity contribution in [2.24, 2.45) is 0 Å². The smallest absolute Gasteiger partial charge is 0.0259 e. The van der Waals surface area contributed by atoms with Gasteiger partial charge in [0.05, 0.1) is 0 Å². The molecular formula is C78H68Cl2Si2Zr2-2. The Morgan fingerprint density at radius 2 is 0.452 bits per heavy atom. The number of fused-ring (bicyclic) bond motifs is 4. The molecule has 0 nitrogen and oxygen atoms in total. The molecule has 0 aliphatic rings. The van der Waals surface area contributed by atoms with Gasteiger partial charge in [0.1, 0.15) is 0 Å². The summed E-state index contributed by atoms with van der Waals surface area (Å²) in [4.78, 5) is 0. The molecule has 0 fully saturated rings. The van der Waals surface area contributed by atoms with Gasteiger partial charge in [-0.25, -0.2) is 0 Å². The summed E-state index contributed by atoms with van der Waals surface area (Å²) in [7, 11) is 0. The van der Waals surface area contributed by atoms with Crippen LogP contribution in [0.1, 0.15) is 11.1 Å². The van der Waals surface area contributed by atoms with Crippen molar-refractivity contribution in [1.82, 2.24) is 0 Å². The fraction of sp³-hybridized carbons (Fsp3) is 0.0769. The number of aryl methyl sites for hydroxylation is 2. The topological polar surface area (TPSA) is 0 Å². The minimum Gasteiger partial charge on any atom is -1.00 e. The van der Waals surface area contributed by atoms with Gasteiger partial charge in [0.25, 0.3) is 0 Å². The molecule has 6 heteroatoms. The summed E-state index contributed by atoms with van der Waals surface area (Å²) in [6.45, 7) is 13.5. The van der Waals surface area contributed by atoms with E-state index in [1.807, 2.05) is 0 Å². The van der Waals surface area contributed by atoms with Crippen molar-refractivity contribution in [3.63, 3.8) is 0 Å². The van der Waals surface area contributed by atoms with Crippen LogP contribution < -0.4 is 24.8 Å². The number of benzene rings is 10. The molecule has 0 saturated heterocycles. The van der Waals surface area contributed by atoms with Crippen molar-refractivity contribution in [1.29, 1.82) is 0 Å². The summed E-state index contributed by atoms with van der Waals surface area (Å²) in [5, 5.41) is 10.6. The van der Waals surface area contributed by atoms with Crippen LogP contribution >= 0.6 is 0 Å². The number of rotatable bonds is 6. The van der Waals surface area contributed by atoms with E-state index >= 15 is 0 Å². The van der Waals surface area contributed by atoms with Crippen molar-refractivity contribution in [2.45, 2.75) is 40.0 Å². The molecular weight excluding hydrogens is 1250 g/mol. The third-order valence-corrected chi connectivity index (χ3v) is 13.8. The first kappa shape index (κ1) is 65.0. The first-order valence-corrected chi connectivity index (χ1v) is 40.4. The van der Waals surface area contributed by atoms with Crippen molar-refractivity contribution in [3.8, 4) is 66.8 Å². The largest absolute Gasteiger partial charge is 1.00 e. The third kappa shape index (κ3) is 17.7. The molecule has 14 aromatic rings. The van der Waals surface area contributed by atoms with Crippen LogP contribution in [-0.2, 0) is 46.7 Å². The fourth-order valence-electron chi connectivity index (χ4n) is 10.3. The monoisotopic (exact) mass is 1310 g/mol. The normalized spacial score (nSPS) is 10.2. The molecule has 412 valence electrons. The molecule has 0 saturated carbocycles. The van der Waals surface area contributed by atoms with Crippen LogP contribution in [0.3, 0.4) is 0 Å². The molecule has 0 atom stereocenters. The van der Waals surface area contributed by atoms with E-state index in [2.05, 4.69) is 343 Å². The second kappa shape index (κ2) is 32.6. The zero-order chi connectivity index (χ0) is 57.2. The van der Waals surface area contributed by atoms with Crippen LogP contribution in [0.25, 0.3) is 110 Å². The van der Waals surface area contributed by atoms with Crippen LogP contribution in [0, 0.1) is 13.8 Å². The summed E-state index contributed by atoms with van der Waals surface area (Å²) in [5.74, 6) is 0. The quantitative estimate of drug-likeness (QED) is 0.115. The molecule has 0 aliphatic heterocycles. The Balaban J connectivity index is 0.000000154. The summed E-state index contributed by atoms with van der Waals surface area (Å²) in [6.07, 6.45) is 0. The molecule has 0 unspecified atom stereocenters. The Kier molecular flexibility index (Phi) is 25.2. The maximum absolute atomic E-state index is 2.31. The van der Waals surface area contributed by atoms with Crippen molar-refractivity contribution in [3.05, 3.63) is 314 Å². The number of halogens is 2. The molecule has 0 N–H and O–H groups in total. The maximum atomic E-state index is 2.31. The standard InChI is InChI=1S/2C21H15.2C16H13.2C2H6Si.2ClH.2Zr/c2*1-3-8-16(9-4-1)19-14-18-12-7-13-20(21(18)15-19)17-10-5-2-6-11-17;2*1-12-10-14-8-5-9-15(16(14)11-12)13-6-3-2-4-7-13;2*1-3-2;;;;/h2*1-15H;2*2-11H,1H3;2*1-2H3;2*1H;;/q4*-1;;;;;2*+2/p-2. The van der Waals surface area contributed by atoms with E-state index in [0.717, 1.165) is 0 Å². The van der Waals surface area contributed by atoms with Gasteiger partial charge in [-0.1, -0.05) is 266 Å². The van der Waals surface area contributed by atoms with Crippen LogP contribution in [0.5, 0.6) is 0 Å². The Labute approximate surface area is 541 Å². The average molecular weight is 1310 g/mol. The minimum absolute atomic E-state index is 0. The number of hydrogen-bond donors (Lipinski definition) is 0. The van der Waals surface area contributed by atoms with Gasteiger partial charge in [0.15, 0.2) is 0 Å². The maximum Gasteiger partial charge on any atom is -0.0259 e. The van der Waals surface area contributed by atoms with Gasteiger partial charge in [0.2, 0.25) is 0 Å². The summed E-state index contributed by atoms with van der Waals surface area (Å²) >= 11 is 3.48. The van der Waals surface area contributed by atoms with Gasteiger partial charge in [-0.3, -0.25) is 0 Å². The summed E-state index contributed by atoms with van der Waals surface area (Å²) in [5.41, 5.74) is 18.6. The predicted molar refractivity (Wildman–Crippen MR) is 355 cm³/mol. The first-order valence-electron chi connectivity index (χ1n) is 28.1. The minimum atomic E-state index is 0. The third-order valence-electron chi connectivity index (χ3n) is 13.8. The molecule has 0 radical (unpaired) electrons. The zero-order valence-electron chi connectivity index (χ0n) is 48.6. The van der Waals surface area contributed by atoms with Gasteiger partial charge in [0, 0.05) is 0 Å². The van der Waals surface area contributed by atoms with Gasteiger partial charge in [-0.2, -0.15) is 12.1 Å². The molecule has 14 aromatic carbocycles. The second-order valence-electron chi connectivity index (χ2n) is 21.0.